The van der Waals surface area contributed by atoms with Crippen molar-refractivity contribution in [1.82, 2.24) is 0 Å². The zero-order valence-electron chi connectivity index (χ0n) is 13.3. The van der Waals surface area contributed by atoms with E-state index < -0.39 is 10.0 Å². The van der Waals surface area contributed by atoms with E-state index in [4.69, 9.17) is 4.74 Å². The molecule has 0 aliphatic carbocycles. The molecule has 0 amide bonds. The van der Waals surface area contributed by atoms with Crippen LogP contribution in [0.25, 0.3) is 0 Å². The number of para-hydroxylation sites is 1. The molecule has 0 atom stereocenters. The quantitative estimate of drug-likeness (QED) is 0.847. The molecule has 0 fully saturated rings. The predicted octanol–water partition coefficient (Wildman–Crippen LogP) is 3.53. The van der Waals surface area contributed by atoms with Crippen molar-refractivity contribution in [2.45, 2.75) is 25.7 Å². The van der Waals surface area contributed by atoms with Crippen molar-refractivity contribution in [2.24, 2.45) is 0 Å². The summed E-state index contributed by atoms with van der Waals surface area (Å²) in [7, 11) is -2.19. The standard InChI is InChI=1S/C17H21NO3S/c1-5-18(15-9-7-6-8-10-15)22(19,20)17-12-14(3)13(2)11-16(17)21-4/h6-12H,5H2,1-4H3. The molecule has 0 saturated heterocycles. The Kier molecular flexibility index (Phi) is 4.76. The molecule has 0 radical (unpaired) electrons. The summed E-state index contributed by atoms with van der Waals surface area (Å²) in [4.78, 5) is 0.198. The summed E-state index contributed by atoms with van der Waals surface area (Å²) in [6.45, 7) is 6.00. The third-order valence-corrected chi connectivity index (χ3v) is 5.60. The molecule has 2 rings (SSSR count). The maximum Gasteiger partial charge on any atom is 0.268 e. The molecule has 4 nitrogen and oxygen atoms in total. The van der Waals surface area contributed by atoms with Crippen LogP contribution >= 0.6 is 0 Å². The Hall–Kier alpha value is -2.01. The van der Waals surface area contributed by atoms with Crippen LogP contribution in [-0.2, 0) is 10.0 Å². The van der Waals surface area contributed by atoms with Gasteiger partial charge in [-0.25, -0.2) is 8.42 Å². The Balaban J connectivity index is 2.61. The molecule has 0 bridgehead atoms. The van der Waals surface area contributed by atoms with Gasteiger partial charge in [0.2, 0.25) is 0 Å². The summed E-state index contributed by atoms with van der Waals surface area (Å²) >= 11 is 0. The second-order valence-electron chi connectivity index (χ2n) is 5.09. The number of aryl methyl sites for hydroxylation is 2. The molecular weight excluding hydrogens is 298 g/mol. The zero-order chi connectivity index (χ0) is 16.3. The van der Waals surface area contributed by atoms with Gasteiger partial charge in [-0.1, -0.05) is 18.2 Å². The van der Waals surface area contributed by atoms with E-state index in [0.29, 0.717) is 18.0 Å². The number of hydrogen-bond donors (Lipinski definition) is 0. The van der Waals surface area contributed by atoms with Crippen molar-refractivity contribution in [2.75, 3.05) is 18.0 Å². The van der Waals surface area contributed by atoms with Crippen molar-refractivity contribution in [3.8, 4) is 5.75 Å². The summed E-state index contributed by atoms with van der Waals surface area (Å²) < 4.78 is 32.8. The van der Waals surface area contributed by atoms with Crippen molar-refractivity contribution >= 4 is 15.7 Å². The van der Waals surface area contributed by atoms with Gasteiger partial charge in [-0.15, -0.1) is 0 Å². The molecule has 0 spiro atoms. The first-order valence-corrected chi connectivity index (χ1v) is 8.58. The first-order valence-electron chi connectivity index (χ1n) is 7.14. The maximum absolute atomic E-state index is 13.1. The van der Waals surface area contributed by atoms with E-state index >= 15 is 0 Å². The molecule has 0 heterocycles. The number of hydrogen-bond acceptors (Lipinski definition) is 3. The van der Waals surface area contributed by atoms with Crippen LogP contribution in [0.5, 0.6) is 5.75 Å². The first kappa shape index (κ1) is 16.4. The van der Waals surface area contributed by atoms with Crippen LogP contribution in [0, 0.1) is 13.8 Å². The lowest BCUT2D eigenvalue weighted by Crippen LogP contribution is -2.31. The lowest BCUT2D eigenvalue weighted by atomic mass is 10.1. The Labute approximate surface area is 132 Å². The van der Waals surface area contributed by atoms with Crippen molar-refractivity contribution in [3.05, 3.63) is 53.6 Å². The van der Waals surface area contributed by atoms with Gasteiger partial charge < -0.3 is 4.74 Å². The topological polar surface area (TPSA) is 46.6 Å². The summed E-state index contributed by atoms with van der Waals surface area (Å²) in [5.74, 6) is 0.373. The molecule has 0 N–H and O–H groups in total. The van der Waals surface area contributed by atoms with Crippen LogP contribution in [0.4, 0.5) is 5.69 Å². The lowest BCUT2D eigenvalue weighted by molar-refractivity contribution is 0.402. The lowest BCUT2D eigenvalue weighted by Gasteiger charge is -2.24. The summed E-state index contributed by atoms with van der Waals surface area (Å²) in [6.07, 6.45) is 0. The molecule has 0 saturated carbocycles. The number of methoxy groups -OCH3 is 1. The smallest absolute Gasteiger partial charge is 0.268 e. The highest BCUT2D eigenvalue weighted by Gasteiger charge is 2.27. The zero-order valence-corrected chi connectivity index (χ0v) is 14.1. The Morgan fingerprint density at radius 2 is 1.64 bits per heavy atom. The highest BCUT2D eigenvalue weighted by molar-refractivity contribution is 7.93. The minimum absolute atomic E-state index is 0.198. The molecule has 0 aliphatic rings. The van der Waals surface area contributed by atoms with Gasteiger partial charge >= 0.3 is 0 Å². The number of sulfonamides is 1. The summed E-state index contributed by atoms with van der Waals surface area (Å²) in [5, 5.41) is 0. The second kappa shape index (κ2) is 6.40. The van der Waals surface area contributed by atoms with E-state index in [0.717, 1.165) is 11.1 Å². The minimum atomic E-state index is -3.68. The predicted molar refractivity (Wildman–Crippen MR) is 89.1 cm³/mol. The van der Waals surface area contributed by atoms with E-state index in [1.165, 1.54) is 11.4 Å². The summed E-state index contributed by atoms with van der Waals surface area (Å²) in [6, 6.07) is 12.5. The molecular formula is C17H21NO3S. The fourth-order valence-corrected chi connectivity index (χ4v) is 4.03. The van der Waals surface area contributed by atoms with Crippen molar-refractivity contribution in [1.29, 1.82) is 0 Å². The van der Waals surface area contributed by atoms with Gasteiger partial charge in [0.25, 0.3) is 10.0 Å². The molecule has 2 aromatic rings. The second-order valence-corrected chi connectivity index (χ2v) is 6.92. The van der Waals surface area contributed by atoms with Crippen LogP contribution in [0.15, 0.2) is 47.4 Å². The number of anilines is 1. The van der Waals surface area contributed by atoms with Crippen LogP contribution in [0.3, 0.4) is 0 Å². The van der Waals surface area contributed by atoms with Crippen LogP contribution in [-0.4, -0.2) is 22.1 Å². The van der Waals surface area contributed by atoms with Crippen molar-refractivity contribution < 1.29 is 13.2 Å². The minimum Gasteiger partial charge on any atom is -0.495 e. The Morgan fingerprint density at radius 3 is 2.18 bits per heavy atom. The molecule has 2 aromatic carbocycles. The molecule has 118 valence electrons. The maximum atomic E-state index is 13.1. The molecule has 0 unspecified atom stereocenters. The summed E-state index contributed by atoms with van der Waals surface area (Å²) in [5.41, 5.74) is 2.56. The number of benzene rings is 2. The van der Waals surface area contributed by atoms with Gasteiger partial charge in [0.1, 0.15) is 10.6 Å². The first-order chi connectivity index (χ1) is 10.4. The van der Waals surface area contributed by atoms with Crippen LogP contribution < -0.4 is 9.04 Å². The van der Waals surface area contributed by atoms with Crippen LogP contribution in [0.2, 0.25) is 0 Å². The fraction of sp³-hybridized carbons (Fsp3) is 0.294. The molecule has 0 aliphatic heterocycles. The van der Waals surface area contributed by atoms with E-state index in [1.54, 1.807) is 24.3 Å². The van der Waals surface area contributed by atoms with E-state index in [9.17, 15) is 8.42 Å². The van der Waals surface area contributed by atoms with Crippen molar-refractivity contribution in [3.63, 3.8) is 0 Å². The normalized spacial score (nSPS) is 11.3. The van der Waals surface area contributed by atoms with E-state index in [2.05, 4.69) is 0 Å². The van der Waals surface area contributed by atoms with Gasteiger partial charge in [-0.2, -0.15) is 0 Å². The van der Waals surface area contributed by atoms with Gasteiger partial charge in [0.15, 0.2) is 0 Å². The Morgan fingerprint density at radius 1 is 1.05 bits per heavy atom. The highest BCUT2D eigenvalue weighted by atomic mass is 32.2. The van der Waals surface area contributed by atoms with Gasteiger partial charge in [-0.3, -0.25) is 4.31 Å². The SMILES string of the molecule is CCN(c1ccccc1)S(=O)(=O)c1cc(C)c(C)cc1OC. The number of ether oxygens (including phenoxy) is 1. The average Bonchev–Trinajstić information content (AvgIpc) is 2.51. The van der Waals surface area contributed by atoms with E-state index in [1.807, 2.05) is 39.0 Å². The monoisotopic (exact) mass is 319 g/mol. The van der Waals surface area contributed by atoms with Gasteiger partial charge in [0, 0.05) is 6.54 Å². The molecule has 0 aromatic heterocycles. The Bertz CT molecular complexity index is 755. The third kappa shape index (κ3) is 2.95. The number of nitrogens with zero attached hydrogens (tertiary/aromatic N) is 1. The number of rotatable bonds is 5. The largest absolute Gasteiger partial charge is 0.495 e. The average molecular weight is 319 g/mol. The molecule has 22 heavy (non-hydrogen) atoms. The van der Waals surface area contributed by atoms with Gasteiger partial charge in [0.05, 0.1) is 12.8 Å². The fourth-order valence-electron chi connectivity index (χ4n) is 2.33. The highest BCUT2D eigenvalue weighted by Crippen LogP contribution is 2.32. The van der Waals surface area contributed by atoms with Crippen LogP contribution in [0.1, 0.15) is 18.1 Å². The molecule has 5 heteroatoms. The van der Waals surface area contributed by atoms with E-state index in [-0.39, 0.29) is 4.90 Å². The third-order valence-electron chi connectivity index (χ3n) is 3.68. The van der Waals surface area contributed by atoms with Gasteiger partial charge in [-0.05, 0) is 56.2 Å².